The first kappa shape index (κ1) is 24.6. The monoisotopic (exact) mass is 469 g/mol. The molecule has 1 aromatic heterocycles. The van der Waals surface area contributed by atoms with Crippen molar-refractivity contribution in [2.24, 2.45) is 0 Å². The van der Waals surface area contributed by atoms with Gasteiger partial charge in [-0.3, -0.25) is 4.79 Å². The third-order valence-corrected chi connectivity index (χ3v) is 10.2. The summed E-state index contributed by atoms with van der Waals surface area (Å²) in [5, 5.41) is 0.335. The molecule has 1 aromatic carbocycles. The van der Waals surface area contributed by atoms with Crippen LogP contribution < -0.4 is 4.74 Å². The molecule has 6 nitrogen and oxygen atoms in total. The second kappa shape index (κ2) is 10.1. The van der Waals surface area contributed by atoms with Crippen LogP contribution in [0.15, 0.2) is 30.3 Å². The molecular formula is C21H29Cl2N3O3Si. The van der Waals surface area contributed by atoms with Gasteiger partial charge in [0, 0.05) is 19.2 Å². The Morgan fingerprint density at radius 2 is 1.67 bits per heavy atom. The van der Waals surface area contributed by atoms with Crippen molar-refractivity contribution in [1.29, 1.82) is 0 Å². The lowest BCUT2D eigenvalue weighted by Gasteiger charge is -2.36. The van der Waals surface area contributed by atoms with Crippen LogP contribution in [0, 0.1) is 0 Å². The summed E-state index contributed by atoms with van der Waals surface area (Å²) in [6, 6.07) is 8.95. The number of nitrogens with zero attached hydrogens (tertiary/aromatic N) is 3. The molecule has 30 heavy (non-hydrogen) atoms. The third kappa shape index (κ3) is 6.67. The van der Waals surface area contributed by atoms with E-state index in [0.29, 0.717) is 19.7 Å². The van der Waals surface area contributed by atoms with Crippen LogP contribution in [0.25, 0.3) is 0 Å². The molecule has 1 heterocycles. The second-order valence-corrected chi connectivity index (χ2v) is 14.1. The lowest BCUT2D eigenvalue weighted by Crippen LogP contribution is -2.43. The van der Waals surface area contributed by atoms with E-state index in [1.165, 1.54) is 6.07 Å². The van der Waals surface area contributed by atoms with Crippen LogP contribution in [0.5, 0.6) is 5.75 Å². The maximum atomic E-state index is 13.1. The lowest BCUT2D eigenvalue weighted by atomic mass is 10.2. The van der Waals surface area contributed by atoms with Gasteiger partial charge in [0.25, 0.3) is 5.91 Å². The Morgan fingerprint density at radius 3 is 2.17 bits per heavy atom. The van der Waals surface area contributed by atoms with Gasteiger partial charge in [0.15, 0.2) is 8.32 Å². The highest BCUT2D eigenvalue weighted by molar-refractivity contribution is 6.74. The van der Waals surface area contributed by atoms with Crippen molar-refractivity contribution in [2.45, 2.75) is 45.4 Å². The van der Waals surface area contributed by atoms with E-state index >= 15 is 0 Å². The van der Waals surface area contributed by atoms with Crippen LogP contribution in [0.2, 0.25) is 28.4 Å². The number of hydrogen-bond donors (Lipinski definition) is 0. The molecule has 0 aliphatic carbocycles. The molecule has 164 valence electrons. The number of halogens is 2. The molecule has 0 spiro atoms. The largest absolute Gasteiger partial charge is 0.497 e. The molecule has 0 N–H and O–H groups in total. The average Bonchev–Trinajstić information content (AvgIpc) is 2.65. The minimum absolute atomic E-state index is 0.0339. The molecule has 0 fully saturated rings. The molecule has 0 aliphatic heterocycles. The molecule has 0 atom stereocenters. The predicted octanol–water partition coefficient (Wildman–Crippen LogP) is 5.46. The van der Waals surface area contributed by atoms with Crippen molar-refractivity contribution in [3.63, 3.8) is 0 Å². The summed E-state index contributed by atoms with van der Waals surface area (Å²) in [5.41, 5.74) is 0.949. The zero-order valence-electron chi connectivity index (χ0n) is 18.3. The Balaban J connectivity index is 2.21. The average molecular weight is 470 g/mol. The molecule has 0 radical (unpaired) electrons. The van der Waals surface area contributed by atoms with E-state index in [4.69, 9.17) is 32.4 Å². The highest BCUT2D eigenvalue weighted by Gasteiger charge is 2.37. The molecule has 0 aliphatic rings. The van der Waals surface area contributed by atoms with E-state index in [0.717, 1.165) is 11.3 Å². The van der Waals surface area contributed by atoms with Crippen LogP contribution in [0.4, 0.5) is 0 Å². The smallest absolute Gasteiger partial charge is 0.292 e. The Bertz CT molecular complexity index is 851. The molecule has 0 saturated carbocycles. The number of carbonyl (C=O) groups excluding carboxylic acids is 1. The maximum Gasteiger partial charge on any atom is 0.292 e. The van der Waals surface area contributed by atoms with Gasteiger partial charge >= 0.3 is 0 Å². The molecule has 9 heteroatoms. The SMILES string of the molecule is COc1ccc(CN(CCO[Si](C)(C)C(C)(C)C)C(=O)c2nc(Cl)cc(Cl)n2)cc1. The predicted molar refractivity (Wildman–Crippen MR) is 123 cm³/mol. The maximum absolute atomic E-state index is 13.1. The molecule has 2 rings (SSSR count). The first-order chi connectivity index (χ1) is 13.9. The van der Waals surface area contributed by atoms with Crippen molar-refractivity contribution < 1.29 is 14.0 Å². The van der Waals surface area contributed by atoms with E-state index in [-0.39, 0.29) is 27.1 Å². The van der Waals surface area contributed by atoms with Crippen LogP contribution in [0.3, 0.4) is 0 Å². The molecule has 0 saturated heterocycles. The Hall–Kier alpha value is -1.67. The zero-order valence-corrected chi connectivity index (χ0v) is 20.8. The van der Waals surface area contributed by atoms with Crippen molar-refractivity contribution >= 4 is 37.4 Å². The van der Waals surface area contributed by atoms with Crippen molar-refractivity contribution in [3.8, 4) is 5.75 Å². The van der Waals surface area contributed by atoms with Gasteiger partial charge in [-0.2, -0.15) is 0 Å². The van der Waals surface area contributed by atoms with Gasteiger partial charge in [-0.25, -0.2) is 9.97 Å². The van der Waals surface area contributed by atoms with E-state index in [1.54, 1.807) is 12.0 Å². The third-order valence-electron chi connectivity index (χ3n) is 5.30. The summed E-state index contributed by atoms with van der Waals surface area (Å²) < 4.78 is 11.5. The Kier molecular flexibility index (Phi) is 8.27. The van der Waals surface area contributed by atoms with E-state index in [2.05, 4.69) is 43.8 Å². The van der Waals surface area contributed by atoms with E-state index in [9.17, 15) is 4.79 Å². The number of benzene rings is 1. The summed E-state index contributed by atoms with van der Waals surface area (Å²) in [6.07, 6.45) is 0. The fraction of sp³-hybridized carbons (Fsp3) is 0.476. The Morgan fingerprint density at radius 1 is 1.10 bits per heavy atom. The van der Waals surface area contributed by atoms with Crippen molar-refractivity contribution in [2.75, 3.05) is 20.3 Å². The summed E-state index contributed by atoms with van der Waals surface area (Å²) in [6.45, 7) is 12.1. The van der Waals surface area contributed by atoms with Crippen LogP contribution >= 0.6 is 23.2 Å². The van der Waals surface area contributed by atoms with Crippen LogP contribution in [-0.4, -0.2) is 49.4 Å². The first-order valence-corrected chi connectivity index (χ1v) is 13.4. The van der Waals surface area contributed by atoms with Crippen LogP contribution in [-0.2, 0) is 11.0 Å². The topological polar surface area (TPSA) is 64.6 Å². The van der Waals surface area contributed by atoms with Gasteiger partial charge in [-0.15, -0.1) is 0 Å². The van der Waals surface area contributed by atoms with E-state index in [1.807, 2.05) is 24.3 Å². The summed E-state index contributed by atoms with van der Waals surface area (Å²) in [7, 11) is -0.322. The van der Waals surface area contributed by atoms with Gasteiger partial charge in [0.05, 0.1) is 13.7 Å². The normalized spacial score (nSPS) is 12.0. The van der Waals surface area contributed by atoms with Gasteiger partial charge in [-0.1, -0.05) is 56.1 Å². The fourth-order valence-electron chi connectivity index (χ4n) is 2.46. The quantitative estimate of drug-likeness (QED) is 0.379. The van der Waals surface area contributed by atoms with Gasteiger partial charge in [0.1, 0.15) is 16.1 Å². The molecular weight excluding hydrogens is 441 g/mol. The first-order valence-electron chi connectivity index (χ1n) is 9.69. The number of amides is 1. The number of hydrogen-bond acceptors (Lipinski definition) is 5. The molecule has 0 unspecified atom stereocenters. The molecule has 1 amide bonds. The standard InChI is InChI=1S/C21H29Cl2N3O3Si/c1-21(2,3)30(5,6)29-12-11-26(14-15-7-9-16(28-4)10-8-15)20(27)19-24-17(22)13-18(23)25-19/h7-10,13H,11-12,14H2,1-6H3. The number of rotatable bonds is 8. The van der Waals surface area contributed by atoms with Gasteiger partial charge in [0.2, 0.25) is 5.82 Å². The van der Waals surface area contributed by atoms with Gasteiger partial charge in [-0.05, 0) is 35.8 Å². The lowest BCUT2D eigenvalue weighted by molar-refractivity contribution is 0.0699. The minimum Gasteiger partial charge on any atom is -0.497 e. The molecule has 2 aromatic rings. The fourth-order valence-corrected chi connectivity index (χ4v) is 3.92. The number of aromatic nitrogens is 2. The minimum atomic E-state index is -1.94. The Labute approximate surface area is 189 Å². The highest BCUT2D eigenvalue weighted by Crippen LogP contribution is 2.36. The van der Waals surface area contributed by atoms with Gasteiger partial charge < -0.3 is 14.1 Å². The van der Waals surface area contributed by atoms with E-state index < -0.39 is 8.32 Å². The molecule has 0 bridgehead atoms. The van der Waals surface area contributed by atoms with Crippen molar-refractivity contribution in [3.05, 3.63) is 52.0 Å². The summed E-state index contributed by atoms with van der Waals surface area (Å²) >= 11 is 11.9. The van der Waals surface area contributed by atoms with Crippen molar-refractivity contribution in [1.82, 2.24) is 14.9 Å². The second-order valence-electron chi connectivity index (χ2n) is 8.52. The zero-order chi connectivity index (χ0) is 22.5. The number of carbonyl (C=O) groups is 1. The number of ether oxygens (including phenoxy) is 1. The number of methoxy groups -OCH3 is 1. The summed E-state index contributed by atoms with van der Waals surface area (Å²) in [5.74, 6) is 0.366. The highest BCUT2D eigenvalue weighted by atomic mass is 35.5. The van der Waals surface area contributed by atoms with Crippen LogP contribution in [0.1, 0.15) is 37.0 Å². The summed E-state index contributed by atoms with van der Waals surface area (Å²) in [4.78, 5) is 22.9.